The van der Waals surface area contributed by atoms with Gasteiger partial charge in [0.1, 0.15) is 11.9 Å². The van der Waals surface area contributed by atoms with Crippen LogP contribution in [0.15, 0.2) is 18.2 Å². The average Bonchev–Trinajstić information content (AvgIpc) is 2.99. The zero-order valence-electron chi connectivity index (χ0n) is 11.7. The summed E-state index contributed by atoms with van der Waals surface area (Å²) in [6, 6.07) is 4.95. The number of nitrogens with zero attached hydrogens (tertiary/aromatic N) is 4. The minimum atomic E-state index is -0.272. The molecule has 2 heterocycles. The summed E-state index contributed by atoms with van der Waals surface area (Å²) in [6.45, 7) is 0. The Labute approximate surface area is 132 Å². The van der Waals surface area contributed by atoms with Gasteiger partial charge in [-0.2, -0.15) is 0 Å². The molecule has 7 heteroatoms. The van der Waals surface area contributed by atoms with Crippen LogP contribution in [0.3, 0.4) is 0 Å². The van der Waals surface area contributed by atoms with E-state index in [0.29, 0.717) is 15.9 Å². The molecule has 0 fully saturated rings. The third-order valence-corrected chi connectivity index (χ3v) is 4.17. The molecule has 1 unspecified atom stereocenters. The second kappa shape index (κ2) is 5.31. The number of halogens is 2. The predicted molar refractivity (Wildman–Crippen MR) is 81.5 cm³/mol. The van der Waals surface area contributed by atoms with Gasteiger partial charge in [-0.15, -0.1) is 10.2 Å². The van der Waals surface area contributed by atoms with Crippen molar-refractivity contribution in [1.29, 1.82) is 0 Å². The van der Waals surface area contributed by atoms with E-state index in [-0.39, 0.29) is 11.9 Å². The van der Waals surface area contributed by atoms with Crippen molar-refractivity contribution in [3.63, 3.8) is 0 Å². The van der Waals surface area contributed by atoms with E-state index < -0.39 is 0 Å². The molecule has 2 aromatic rings. The standard InChI is InChI=1S/C14H14Cl2N4O/c1-19(2)14(21)11-5-6-12-17-18-13(20(11)12)9-4-3-8(15)7-10(9)16/h3-4,7,11H,5-6H2,1-2H3. The van der Waals surface area contributed by atoms with Crippen LogP contribution < -0.4 is 0 Å². The number of carbonyl (C=O) groups is 1. The Bertz CT molecular complexity index is 711. The minimum Gasteiger partial charge on any atom is -0.347 e. The van der Waals surface area contributed by atoms with Crippen LogP contribution in [0.2, 0.25) is 10.0 Å². The molecule has 5 nitrogen and oxygen atoms in total. The number of fused-ring (bicyclic) bond motifs is 1. The monoisotopic (exact) mass is 324 g/mol. The molecule has 1 aliphatic rings. The molecule has 1 amide bonds. The molecule has 0 saturated heterocycles. The lowest BCUT2D eigenvalue weighted by Gasteiger charge is -2.19. The molecule has 1 aromatic heterocycles. The third-order valence-electron chi connectivity index (χ3n) is 3.62. The first-order valence-electron chi connectivity index (χ1n) is 6.59. The highest BCUT2D eigenvalue weighted by Crippen LogP contribution is 2.35. The topological polar surface area (TPSA) is 51.0 Å². The first-order chi connectivity index (χ1) is 9.99. The van der Waals surface area contributed by atoms with Crippen LogP contribution in [0.1, 0.15) is 18.3 Å². The van der Waals surface area contributed by atoms with Gasteiger partial charge in [-0.3, -0.25) is 9.36 Å². The van der Waals surface area contributed by atoms with Crippen molar-refractivity contribution in [2.45, 2.75) is 18.9 Å². The largest absolute Gasteiger partial charge is 0.347 e. The first-order valence-corrected chi connectivity index (χ1v) is 7.35. The maximum absolute atomic E-state index is 12.3. The molecule has 0 saturated carbocycles. The van der Waals surface area contributed by atoms with Gasteiger partial charge in [0.15, 0.2) is 5.82 Å². The Balaban J connectivity index is 2.09. The number of hydrogen-bond donors (Lipinski definition) is 0. The highest BCUT2D eigenvalue weighted by atomic mass is 35.5. The van der Waals surface area contributed by atoms with Crippen molar-refractivity contribution >= 4 is 29.1 Å². The Morgan fingerprint density at radius 3 is 2.76 bits per heavy atom. The molecule has 1 aliphatic heterocycles. The molecule has 110 valence electrons. The zero-order valence-corrected chi connectivity index (χ0v) is 13.2. The first kappa shape index (κ1) is 14.4. The second-order valence-electron chi connectivity index (χ2n) is 5.22. The summed E-state index contributed by atoms with van der Waals surface area (Å²) in [6.07, 6.45) is 1.47. The highest BCUT2D eigenvalue weighted by molar-refractivity contribution is 6.36. The molecule has 0 radical (unpaired) electrons. The van der Waals surface area contributed by atoms with Gasteiger partial charge in [-0.1, -0.05) is 23.2 Å². The fraction of sp³-hybridized carbons (Fsp3) is 0.357. The van der Waals surface area contributed by atoms with E-state index in [2.05, 4.69) is 10.2 Å². The van der Waals surface area contributed by atoms with Crippen molar-refractivity contribution < 1.29 is 4.79 Å². The van der Waals surface area contributed by atoms with Crippen molar-refractivity contribution in [2.75, 3.05) is 14.1 Å². The lowest BCUT2D eigenvalue weighted by molar-refractivity contribution is -0.131. The SMILES string of the molecule is CN(C)C(=O)C1CCc2nnc(-c3ccc(Cl)cc3Cl)n21. The summed E-state index contributed by atoms with van der Waals surface area (Å²) in [5, 5.41) is 9.45. The van der Waals surface area contributed by atoms with E-state index in [1.807, 2.05) is 4.57 Å². The summed E-state index contributed by atoms with van der Waals surface area (Å²) >= 11 is 12.2. The van der Waals surface area contributed by atoms with Gasteiger partial charge < -0.3 is 4.90 Å². The smallest absolute Gasteiger partial charge is 0.245 e. The third kappa shape index (κ3) is 2.40. The molecule has 0 aliphatic carbocycles. The van der Waals surface area contributed by atoms with Gasteiger partial charge >= 0.3 is 0 Å². The van der Waals surface area contributed by atoms with Crippen LogP contribution in [0.4, 0.5) is 0 Å². The van der Waals surface area contributed by atoms with Crippen LogP contribution in [-0.2, 0) is 11.2 Å². The molecular weight excluding hydrogens is 311 g/mol. The van der Waals surface area contributed by atoms with Gasteiger partial charge in [0.05, 0.1) is 5.02 Å². The zero-order chi connectivity index (χ0) is 15.1. The maximum Gasteiger partial charge on any atom is 0.245 e. The summed E-state index contributed by atoms with van der Waals surface area (Å²) in [4.78, 5) is 13.9. The number of aryl methyl sites for hydroxylation is 1. The number of carbonyl (C=O) groups excluding carboxylic acids is 1. The number of benzene rings is 1. The number of amides is 1. The quantitative estimate of drug-likeness (QED) is 0.853. The van der Waals surface area contributed by atoms with Crippen molar-refractivity contribution in [1.82, 2.24) is 19.7 Å². The predicted octanol–water partition coefficient (Wildman–Crippen LogP) is 2.83. The van der Waals surface area contributed by atoms with E-state index in [9.17, 15) is 4.79 Å². The number of likely N-dealkylation sites (N-methyl/N-ethyl adjacent to an activating group) is 1. The summed E-state index contributed by atoms with van der Waals surface area (Å²) in [7, 11) is 3.50. The average molecular weight is 325 g/mol. The molecule has 1 aromatic carbocycles. The van der Waals surface area contributed by atoms with Crippen LogP contribution in [0.25, 0.3) is 11.4 Å². The molecule has 0 bridgehead atoms. The molecule has 0 N–H and O–H groups in total. The molecule has 0 spiro atoms. The van der Waals surface area contributed by atoms with Crippen molar-refractivity contribution in [2.24, 2.45) is 0 Å². The number of aromatic nitrogens is 3. The van der Waals surface area contributed by atoms with E-state index in [1.165, 1.54) is 0 Å². The number of rotatable bonds is 2. The van der Waals surface area contributed by atoms with Crippen LogP contribution in [-0.4, -0.2) is 39.7 Å². The Kier molecular flexibility index (Phi) is 3.63. The lowest BCUT2D eigenvalue weighted by atomic mass is 10.1. The van der Waals surface area contributed by atoms with Gasteiger partial charge in [0.2, 0.25) is 5.91 Å². The van der Waals surface area contributed by atoms with Gasteiger partial charge in [-0.05, 0) is 24.6 Å². The molecule has 3 rings (SSSR count). The second-order valence-corrected chi connectivity index (χ2v) is 6.06. The van der Waals surface area contributed by atoms with Crippen LogP contribution >= 0.6 is 23.2 Å². The molecule has 21 heavy (non-hydrogen) atoms. The highest BCUT2D eigenvalue weighted by Gasteiger charge is 2.33. The van der Waals surface area contributed by atoms with E-state index in [4.69, 9.17) is 23.2 Å². The lowest BCUT2D eigenvalue weighted by Crippen LogP contribution is -2.30. The minimum absolute atomic E-state index is 0.0416. The van der Waals surface area contributed by atoms with Gasteiger partial charge in [0, 0.05) is 31.1 Å². The van der Waals surface area contributed by atoms with E-state index >= 15 is 0 Å². The summed E-state index contributed by atoms with van der Waals surface area (Å²) < 4.78 is 1.89. The fourth-order valence-electron chi connectivity index (χ4n) is 2.60. The Morgan fingerprint density at radius 2 is 2.10 bits per heavy atom. The van der Waals surface area contributed by atoms with E-state index in [1.54, 1.807) is 37.2 Å². The van der Waals surface area contributed by atoms with Crippen LogP contribution in [0, 0.1) is 0 Å². The van der Waals surface area contributed by atoms with Crippen LogP contribution in [0.5, 0.6) is 0 Å². The molecule has 1 atom stereocenters. The van der Waals surface area contributed by atoms with E-state index in [0.717, 1.165) is 24.2 Å². The van der Waals surface area contributed by atoms with Crippen molar-refractivity contribution in [3.8, 4) is 11.4 Å². The van der Waals surface area contributed by atoms with Gasteiger partial charge in [0.25, 0.3) is 0 Å². The normalized spacial score (nSPS) is 16.9. The summed E-state index contributed by atoms with van der Waals surface area (Å²) in [5.74, 6) is 1.47. The Morgan fingerprint density at radius 1 is 1.33 bits per heavy atom. The summed E-state index contributed by atoms with van der Waals surface area (Å²) in [5.41, 5.74) is 0.735. The number of hydrogen-bond acceptors (Lipinski definition) is 3. The Hall–Kier alpha value is -1.59. The van der Waals surface area contributed by atoms with Crippen molar-refractivity contribution in [3.05, 3.63) is 34.1 Å². The van der Waals surface area contributed by atoms with Gasteiger partial charge in [-0.25, -0.2) is 0 Å². The maximum atomic E-state index is 12.3. The molecular formula is C14H14Cl2N4O. The fourth-order valence-corrected chi connectivity index (χ4v) is 3.10.